The second kappa shape index (κ2) is 6.92. The van der Waals surface area contributed by atoms with Crippen LogP contribution in [-0.2, 0) is 0 Å². The standard InChI is InChI=1S/C16H27NO2/c1-7-19-15-10-11(2)16(13(4)12(15)3)14(8-9-18)17(5)6/h10,14,18H,7-9H2,1-6H3. The van der Waals surface area contributed by atoms with Gasteiger partial charge >= 0.3 is 0 Å². The third-order valence-electron chi connectivity index (χ3n) is 3.77. The molecule has 0 bridgehead atoms. The molecule has 0 heterocycles. The Morgan fingerprint density at radius 1 is 1.21 bits per heavy atom. The third kappa shape index (κ3) is 3.48. The Hall–Kier alpha value is -1.06. The molecule has 1 N–H and O–H groups in total. The Balaban J connectivity index is 3.31. The lowest BCUT2D eigenvalue weighted by Gasteiger charge is -2.29. The summed E-state index contributed by atoms with van der Waals surface area (Å²) in [5.74, 6) is 0.975. The van der Waals surface area contributed by atoms with Crippen LogP contribution in [0.2, 0.25) is 0 Å². The summed E-state index contributed by atoms with van der Waals surface area (Å²) in [6.07, 6.45) is 0.752. The lowest BCUT2D eigenvalue weighted by atomic mass is 9.90. The van der Waals surface area contributed by atoms with Gasteiger partial charge in [0.15, 0.2) is 0 Å². The SMILES string of the molecule is CCOc1cc(C)c(C(CCO)N(C)C)c(C)c1C. The zero-order valence-electron chi connectivity index (χ0n) is 13.1. The topological polar surface area (TPSA) is 32.7 Å². The molecule has 1 unspecified atom stereocenters. The average molecular weight is 265 g/mol. The van der Waals surface area contributed by atoms with Gasteiger partial charge in [-0.15, -0.1) is 0 Å². The third-order valence-corrected chi connectivity index (χ3v) is 3.77. The molecule has 0 radical (unpaired) electrons. The van der Waals surface area contributed by atoms with Gasteiger partial charge in [0, 0.05) is 12.6 Å². The van der Waals surface area contributed by atoms with Crippen LogP contribution >= 0.6 is 0 Å². The van der Waals surface area contributed by atoms with Crippen LogP contribution in [0.4, 0.5) is 0 Å². The molecule has 0 amide bonds. The molecule has 108 valence electrons. The first-order valence-corrected chi connectivity index (χ1v) is 6.94. The van der Waals surface area contributed by atoms with Crippen LogP contribution in [0, 0.1) is 20.8 Å². The number of aliphatic hydroxyl groups is 1. The van der Waals surface area contributed by atoms with E-state index in [1.165, 1.54) is 22.3 Å². The summed E-state index contributed by atoms with van der Waals surface area (Å²) in [6, 6.07) is 2.37. The van der Waals surface area contributed by atoms with Gasteiger partial charge in [-0.25, -0.2) is 0 Å². The van der Waals surface area contributed by atoms with E-state index >= 15 is 0 Å². The van der Waals surface area contributed by atoms with E-state index in [0.29, 0.717) is 6.61 Å². The van der Waals surface area contributed by atoms with Gasteiger partial charge in [-0.1, -0.05) is 0 Å². The van der Waals surface area contributed by atoms with Gasteiger partial charge in [-0.05, 0) is 76.5 Å². The van der Waals surface area contributed by atoms with Gasteiger partial charge in [0.05, 0.1) is 6.61 Å². The highest BCUT2D eigenvalue weighted by molar-refractivity contribution is 5.49. The molecule has 1 aromatic rings. The summed E-state index contributed by atoms with van der Waals surface area (Å²) in [7, 11) is 4.12. The molecule has 1 aromatic carbocycles. The van der Waals surface area contributed by atoms with Crippen LogP contribution in [0.3, 0.4) is 0 Å². The summed E-state index contributed by atoms with van der Waals surface area (Å²) >= 11 is 0. The highest BCUT2D eigenvalue weighted by atomic mass is 16.5. The maximum Gasteiger partial charge on any atom is 0.122 e. The zero-order chi connectivity index (χ0) is 14.6. The molecule has 0 aliphatic rings. The lowest BCUT2D eigenvalue weighted by Crippen LogP contribution is -2.23. The van der Waals surface area contributed by atoms with E-state index in [-0.39, 0.29) is 12.6 Å². The number of nitrogens with zero attached hydrogens (tertiary/aromatic N) is 1. The average Bonchev–Trinajstić information content (AvgIpc) is 2.34. The molecule has 19 heavy (non-hydrogen) atoms. The van der Waals surface area contributed by atoms with Crippen LogP contribution in [0.5, 0.6) is 5.75 Å². The number of benzene rings is 1. The smallest absolute Gasteiger partial charge is 0.122 e. The van der Waals surface area contributed by atoms with E-state index in [2.05, 4.69) is 45.8 Å². The minimum absolute atomic E-state index is 0.202. The lowest BCUT2D eigenvalue weighted by molar-refractivity contribution is 0.209. The first-order chi connectivity index (χ1) is 8.93. The van der Waals surface area contributed by atoms with Crippen molar-refractivity contribution in [2.75, 3.05) is 27.3 Å². The van der Waals surface area contributed by atoms with Crippen molar-refractivity contribution in [1.29, 1.82) is 0 Å². The molecule has 1 atom stereocenters. The van der Waals surface area contributed by atoms with E-state index < -0.39 is 0 Å². The number of hydrogen-bond acceptors (Lipinski definition) is 3. The molecule has 0 aliphatic heterocycles. The van der Waals surface area contributed by atoms with Crippen molar-refractivity contribution in [3.63, 3.8) is 0 Å². The van der Waals surface area contributed by atoms with Gasteiger partial charge in [0.1, 0.15) is 5.75 Å². The molecule has 3 heteroatoms. The highest BCUT2D eigenvalue weighted by Gasteiger charge is 2.20. The monoisotopic (exact) mass is 265 g/mol. The second-order valence-corrected chi connectivity index (χ2v) is 5.28. The summed E-state index contributed by atoms with van der Waals surface area (Å²) < 4.78 is 5.69. The quantitative estimate of drug-likeness (QED) is 0.858. The van der Waals surface area contributed by atoms with E-state index in [1.54, 1.807) is 0 Å². The summed E-state index contributed by atoms with van der Waals surface area (Å²) in [4.78, 5) is 2.17. The van der Waals surface area contributed by atoms with Gasteiger partial charge in [-0.3, -0.25) is 0 Å². The summed E-state index contributed by atoms with van der Waals surface area (Å²) in [5, 5.41) is 9.29. The molecule has 0 saturated heterocycles. The van der Waals surface area contributed by atoms with E-state index in [0.717, 1.165) is 12.2 Å². The van der Waals surface area contributed by atoms with E-state index in [4.69, 9.17) is 4.74 Å². The largest absolute Gasteiger partial charge is 0.494 e. The Labute approximate surface area is 117 Å². The predicted molar refractivity (Wildman–Crippen MR) is 80.0 cm³/mol. The number of hydrogen-bond donors (Lipinski definition) is 1. The van der Waals surface area contributed by atoms with Gasteiger partial charge in [-0.2, -0.15) is 0 Å². The predicted octanol–water partition coefficient (Wildman–Crippen LogP) is 3.00. The van der Waals surface area contributed by atoms with Crippen molar-refractivity contribution < 1.29 is 9.84 Å². The van der Waals surface area contributed by atoms with Gasteiger partial charge in [0.2, 0.25) is 0 Å². The van der Waals surface area contributed by atoms with Crippen LogP contribution < -0.4 is 4.74 Å². The maximum atomic E-state index is 9.29. The van der Waals surface area contributed by atoms with Crippen LogP contribution in [0.1, 0.15) is 41.6 Å². The normalized spacial score (nSPS) is 12.8. The Morgan fingerprint density at radius 2 is 1.84 bits per heavy atom. The molecule has 0 fully saturated rings. The highest BCUT2D eigenvalue weighted by Crippen LogP contribution is 2.34. The van der Waals surface area contributed by atoms with E-state index in [9.17, 15) is 5.11 Å². The minimum atomic E-state index is 0.202. The molecule has 1 rings (SSSR count). The summed E-state index contributed by atoms with van der Waals surface area (Å²) in [6.45, 7) is 9.27. The first-order valence-electron chi connectivity index (χ1n) is 6.94. The second-order valence-electron chi connectivity index (χ2n) is 5.28. The van der Waals surface area contributed by atoms with E-state index in [1.807, 2.05) is 6.92 Å². The van der Waals surface area contributed by atoms with Crippen molar-refractivity contribution >= 4 is 0 Å². The number of rotatable bonds is 6. The molecule has 0 spiro atoms. The molecule has 0 saturated carbocycles. The minimum Gasteiger partial charge on any atom is -0.494 e. The van der Waals surface area contributed by atoms with Crippen molar-refractivity contribution in [1.82, 2.24) is 4.90 Å². The van der Waals surface area contributed by atoms with Gasteiger partial charge < -0.3 is 14.7 Å². The summed E-state index contributed by atoms with van der Waals surface area (Å²) in [5.41, 5.74) is 5.03. The Bertz CT molecular complexity index is 427. The fourth-order valence-corrected chi connectivity index (χ4v) is 2.67. The van der Waals surface area contributed by atoms with Crippen molar-refractivity contribution in [2.45, 2.75) is 40.2 Å². The number of ether oxygens (including phenoxy) is 1. The maximum absolute atomic E-state index is 9.29. The fraction of sp³-hybridized carbons (Fsp3) is 0.625. The molecular weight excluding hydrogens is 238 g/mol. The Kier molecular flexibility index (Phi) is 5.83. The number of aryl methyl sites for hydroxylation is 1. The Morgan fingerprint density at radius 3 is 2.32 bits per heavy atom. The molecule has 0 aromatic heterocycles. The van der Waals surface area contributed by atoms with Crippen molar-refractivity contribution in [3.8, 4) is 5.75 Å². The molecular formula is C16H27NO2. The molecule has 3 nitrogen and oxygen atoms in total. The van der Waals surface area contributed by atoms with Crippen molar-refractivity contribution in [3.05, 3.63) is 28.3 Å². The fourth-order valence-electron chi connectivity index (χ4n) is 2.67. The first kappa shape index (κ1) is 16.0. The van der Waals surface area contributed by atoms with Crippen molar-refractivity contribution in [2.24, 2.45) is 0 Å². The number of aliphatic hydroxyl groups excluding tert-OH is 1. The molecule has 0 aliphatic carbocycles. The zero-order valence-corrected chi connectivity index (χ0v) is 13.1. The van der Waals surface area contributed by atoms with Crippen LogP contribution in [0.25, 0.3) is 0 Å². The van der Waals surface area contributed by atoms with Gasteiger partial charge in [0.25, 0.3) is 0 Å². The van der Waals surface area contributed by atoms with Crippen LogP contribution in [-0.4, -0.2) is 37.3 Å². The van der Waals surface area contributed by atoms with Crippen LogP contribution in [0.15, 0.2) is 6.07 Å².